The smallest absolute Gasteiger partial charge is 0.303 e. The van der Waals surface area contributed by atoms with Crippen LogP contribution in [-0.2, 0) is 4.79 Å². The van der Waals surface area contributed by atoms with Crippen LogP contribution in [0.25, 0.3) is 10.8 Å². The standard InChI is InChI=1S/C14H15N3O4/c1-16(8-2-3-14(18)19)12-4-5-13(17(20)21)10-6-7-15-9-11(10)12/h4-7,9H,2-3,8H2,1H3,(H,18,19). The summed E-state index contributed by atoms with van der Waals surface area (Å²) in [6, 6.07) is 4.75. The summed E-state index contributed by atoms with van der Waals surface area (Å²) in [4.78, 5) is 27.1. The number of non-ortho nitro benzene ring substituents is 1. The number of nitro benzene ring substituents is 1. The number of aromatic nitrogens is 1. The van der Waals surface area contributed by atoms with Gasteiger partial charge in [0.2, 0.25) is 0 Å². The first kappa shape index (κ1) is 14.7. The van der Waals surface area contributed by atoms with E-state index >= 15 is 0 Å². The third kappa shape index (κ3) is 3.25. The summed E-state index contributed by atoms with van der Waals surface area (Å²) in [5, 5.41) is 20.9. The van der Waals surface area contributed by atoms with Crippen molar-refractivity contribution in [2.24, 2.45) is 0 Å². The lowest BCUT2D eigenvalue weighted by Gasteiger charge is -2.20. The molecule has 1 aromatic heterocycles. The molecule has 0 atom stereocenters. The molecule has 0 aliphatic carbocycles. The molecule has 0 amide bonds. The molecule has 1 N–H and O–H groups in total. The molecular weight excluding hydrogens is 274 g/mol. The fourth-order valence-corrected chi connectivity index (χ4v) is 2.24. The first-order valence-corrected chi connectivity index (χ1v) is 6.44. The fourth-order valence-electron chi connectivity index (χ4n) is 2.24. The quantitative estimate of drug-likeness (QED) is 0.648. The van der Waals surface area contributed by atoms with Crippen molar-refractivity contribution < 1.29 is 14.8 Å². The molecule has 2 rings (SSSR count). The summed E-state index contributed by atoms with van der Waals surface area (Å²) in [6.07, 6.45) is 3.70. The van der Waals surface area contributed by atoms with Crippen molar-refractivity contribution in [3.63, 3.8) is 0 Å². The van der Waals surface area contributed by atoms with E-state index in [9.17, 15) is 14.9 Å². The maximum Gasteiger partial charge on any atom is 0.303 e. The van der Waals surface area contributed by atoms with Crippen LogP contribution in [0.3, 0.4) is 0 Å². The van der Waals surface area contributed by atoms with Crippen molar-refractivity contribution in [3.05, 3.63) is 40.7 Å². The van der Waals surface area contributed by atoms with E-state index in [2.05, 4.69) is 4.98 Å². The second-order valence-corrected chi connectivity index (χ2v) is 4.70. The summed E-state index contributed by atoms with van der Waals surface area (Å²) in [5.74, 6) is -0.835. The minimum atomic E-state index is -0.835. The molecule has 1 heterocycles. The molecule has 1 aromatic carbocycles. The Bertz CT molecular complexity index is 687. The molecule has 21 heavy (non-hydrogen) atoms. The molecule has 7 heteroatoms. The van der Waals surface area contributed by atoms with Crippen LogP contribution in [0.5, 0.6) is 0 Å². The molecule has 0 unspecified atom stereocenters. The Morgan fingerprint density at radius 1 is 1.38 bits per heavy atom. The van der Waals surface area contributed by atoms with E-state index in [4.69, 9.17) is 5.11 Å². The van der Waals surface area contributed by atoms with Crippen LogP contribution in [0.2, 0.25) is 0 Å². The molecule has 0 radical (unpaired) electrons. The second-order valence-electron chi connectivity index (χ2n) is 4.70. The zero-order chi connectivity index (χ0) is 15.4. The zero-order valence-electron chi connectivity index (χ0n) is 11.5. The lowest BCUT2D eigenvalue weighted by Crippen LogP contribution is -2.19. The topological polar surface area (TPSA) is 96.6 Å². The largest absolute Gasteiger partial charge is 0.481 e. The van der Waals surface area contributed by atoms with Crippen molar-refractivity contribution >= 4 is 28.1 Å². The summed E-state index contributed by atoms with van der Waals surface area (Å²) >= 11 is 0. The van der Waals surface area contributed by atoms with Crippen LogP contribution >= 0.6 is 0 Å². The number of benzene rings is 1. The molecule has 0 aliphatic heterocycles. The van der Waals surface area contributed by atoms with Crippen LogP contribution in [0, 0.1) is 10.1 Å². The lowest BCUT2D eigenvalue weighted by atomic mass is 10.1. The van der Waals surface area contributed by atoms with Gasteiger partial charge in [-0.3, -0.25) is 19.9 Å². The molecule has 2 aromatic rings. The first-order valence-electron chi connectivity index (χ1n) is 6.44. The van der Waals surface area contributed by atoms with E-state index in [1.807, 2.05) is 11.9 Å². The third-order valence-corrected chi connectivity index (χ3v) is 3.26. The Hall–Kier alpha value is -2.70. The molecule has 0 saturated carbocycles. The first-order chi connectivity index (χ1) is 10.0. The van der Waals surface area contributed by atoms with Crippen LogP contribution in [-0.4, -0.2) is 34.6 Å². The van der Waals surface area contributed by atoms with Gasteiger partial charge in [0.05, 0.1) is 10.3 Å². The Labute approximate surface area is 121 Å². The molecule has 0 spiro atoms. The van der Waals surface area contributed by atoms with Gasteiger partial charge in [0.1, 0.15) is 0 Å². The molecule has 0 fully saturated rings. The maximum atomic E-state index is 11.0. The van der Waals surface area contributed by atoms with E-state index in [0.29, 0.717) is 23.7 Å². The Morgan fingerprint density at radius 3 is 2.81 bits per heavy atom. The predicted molar refractivity (Wildman–Crippen MR) is 78.5 cm³/mol. The minimum Gasteiger partial charge on any atom is -0.481 e. The number of pyridine rings is 1. The highest BCUT2D eigenvalue weighted by Crippen LogP contribution is 2.32. The summed E-state index contributed by atoms with van der Waals surface area (Å²) in [7, 11) is 1.83. The normalized spacial score (nSPS) is 10.5. The van der Waals surface area contributed by atoms with E-state index in [1.165, 1.54) is 12.3 Å². The van der Waals surface area contributed by atoms with Crippen LogP contribution in [0.15, 0.2) is 30.6 Å². The zero-order valence-corrected chi connectivity index (χ0v) is 11.5. The Kier molecular flexibility index (Phi) is 4.32. The summed E-state index contributed by atoms with van der Waals surface area (Å²) in [5.41, 5.74) is 0.837. The highest BCUT2D eigenvalue weighted by atomic mass is 16.6. The SMILES string of the molecule is CN(CCCC(=O)O)c1ccc([N+](=O)[O-])c2ccncc12. The van der Waals surface area contributed by atoms with Crippen molar-refractivity contribution in [1.29, 1.82) is 0 Å². The highest BCUT2D eigenvalue weighted by Gasteiger charge is 2.16. The number of rotatable bonds is 6. The van der Waals surface area contributed by atoms with Crippen molar-refractivity contribution in [3.8, 4) is 0 Å². The number of hydrogen-bond donors (Lipinski definition) is 1. The van der Waals surface area contributed by atoms with Crippen LogP contribution in [0.4, 0.5) is 11.4 Å². The number of hydrogen-bond acceptors (Lipinski definition) is 5. The molecule has 0 bridgehead atoms. The number of nitro groups is 1. The number of aliphatic carboxylic acids is 1. The van der Waals surface area contributed by atoms with Gasteiger partial charge in [-0.1, -0.05) is 0 Å². The van der Waals surface area contributed by atoms with Gasteiger partial charge in [0.15, 0.2) is 0 Å². The third-order valence-electron chi connectivity index (χ3n) is 3.26. The Balaban J connectivity index is 2.34. The average Bonchev–Trinajstić information content (AvgIpc) is 2.45. The predicted octanol–water partition coefficient (Wildman–Crippen LogP) is 2.44. The highest BCUT2D eigenvalue weighted by molar-refractivity contribution is 5.99. The van der Waals surface area contributed by atoms with E-state index in [0.717, 1.165) is 5.69 Å². The van der Waals surface area contributed by atoms with Crippen molar-refractivity contribution in [2.45, 2.75) is 12.8 Å². The minimum absolute atomic E-state index is 0.0371. The molecule has 7 nitrogen and oxygen atoms in total. The number of fused-ring (bicyclic) bond motifs is 1. The van der Waals surface area contributed by atoms with E-state index in [-0.39, 0.29) is 12.1 Å². The fraction of sp³-hybridized carbons (Fsp3) is 0.286. The molecule has 0 saturated heterocycles. The number of anilines is 1. The van der Waals surface area contributed by atoms with Crippen molar-refractivity contribution in [1.82, 2.24) is 4.98 Å². The van der Waals surface area contributed by atoms with Crippen LogP contribution < -0.4 is 4.90 Å². The van der Waals surface area contributed by atoms with Gasteiger partial charge >= 0.3 is 5.97 Å². The lowest BCUT2D eigenvalue weighted by molar-refractivity contribution is -0.383. The number of carboxylic acids is 1. The van der Waals surface area contributed by atoms with Gasteiger partial charge in [-0.2, -0.15) is 0 Å². The van der Waals surface area contributed by atoms with Gasteiger partial charge in [0.25, 0.3) is 5.69 Å². The van der Waals surface area contributed by atoms with E-state index < -0.39 is 10.9 Å². The number of carboxylic acid groups (broad SMARTS) is 1. The Morgan fingerprint density at radius 2 is 2.14 bits per heavy atom. The maximum absolute atomic E-state index is 11.0. The van der Waals surface area contributed by atoms with Gasteiger partial charge in [-0.25, -0.2) is 0 Å². The van der Waals surface area contributed by atoms with Gasteiger partial charge < -0.3 is 10.0 Å². The average molecular weight is 289 g/mol. The second kappa shape index (κ2) is 6.17. The summed E-state index contributed by atoms with van der Waals surface area (Å²) in [6.45, 7) is 0.550. The molecule has 110 valence electrons. The van der Waals surface area contributed by atoms with Crippen molar-refractivity contribution in [2.75, 3.05) is 18.5 Å². The van der Waals surface area contributed by atoms with E-state index in [1.54, 1.807) is 18.3 Å². The van der Waals surface area contributed by atoms with Crippen LogP contribution in [0.1, 0.15) is 12.8 Å². The molecular formula is C14H15N3O4. The molecule has 0 aliphatic rings. The van der Waals surface area contributed by atoms with Gasteiger partial charge in [-0.05, 0) is 18.6 Å². The van der Waals surface area contributed by atoms with Gasteiger partial charge in [0, 0.05) is 49.5 Å². The summed E-state index contributed by atoms with van der Waals surface area (Å²) < 4.78 is 0. The number of carbonyl (C=O) groups is 1. The number of nitrogens with zero attached hydrogens (tertiary/aromatic N) is 3. The monoisotopic (exact) mass is 289 g/mol. The van der Waals surface area contributed by atoms with Gasteiger partial charge in [-0.15, -0.1) is 0 Å².